The fourth-order valence-corrected chi connectivity index (χ4v) is 5.29. The number of hydrogen-bond donors (Lipinski definition) is 1. The van der Waals surface area contributed by atoms with E-state index in [1.165, 1.54) is 4.31 Å². The number of hydrogen-bond acceptors (Lipinski definition) is 4. The van der Waals surface area contributed by atoms with E-state index in [0.29, 0.717) is 27.8 Å². The van der Waals surface area contributed by atoms with Crippen LogP contribution in [0.25, 0.3) is 0 Å². The van der Waals surface area contributed by atoms with Gasteiger partial charge in [0.25, 0.3) is 5.91 Å². The number of sulfonamides is 1. The number of nitrogens with one attached hydrogen (secondary N) is 1. The number of H-pyrrole nitrogens is 1. The van der Waals surface area contributed by atoms with Crippen LogP contribution < -0.4 is 0 Å². The third-order valence-corrected chi connectivity index (χ3v) is 7.28. The smallest absolute Gasteiger partial charge is 0.256 e. The number of benzene rings is 1. The first kappa shape index (κ1) is 18.2. The van der Waals surface area contributed by atoms with Crippen LogP contribution in [0.2, 0.25) is 0 Å². The van der Waals surface area contributed by atoms with Gasteiger partial charge in [-0.3, -0.25) is 4.79 Å². The Bertz CT molecular complexity index is 951. The van der Waals surface area contributed by atoms with Gasteiger partial charge in [-0.25, -0.2) is 8.42 Å². The second-order valence-corrected chi connectivity index (χ2v) is 8.71. The highest BCUT2D eigenvalue weighted by atomic mass is 79.9. The second-order valence-electron chi connectivity index (χ2n) is 5.54. The van der Waals surface area contributed by atoms with Crippen LogP contribution in [0.4, 0.5) is 0 Å². The zero-order chi connectivity index (χ0) is 18.0. The molecule has 1 amide bonds. The lowest BCUT2D eigenvalue weighted by atomic mass is 10.2. The Morgan fingerprint density at radius 2 is 1.76 bits per heavy atom. The summed E-state index contributed by atoms with van der Waals surface area (Å²) < 4.78 is 27.9. The molecule has 1 aromatic carbocycles. The van der Waals surface area contributed by atoms with E-state index in [1.54, 1.807) is 47.5 Å². The number of carbonyl (C=O) groups excluding carboxylic acids is 1. The number of amides is 1. The molecule has 1 aliphatic heterocycles. The molecule has 6 nitrogen and oxygen atoms in total. The van der Waals surface area contributed by atoms with E-state index in [1.807, 2.05) is 0 Å². The van der Waals surface area contributed by atoms with Crippen LogP contribution in [-0.2, 0) is 10.0 Å². The van der Waals surface area contributed by atoms with Crippen molar-refractivity contribution in [3.05, 3.63) is 57.3 Å². The topological polar surface area (TPSA) is 73.5 Å². The van der Waals surface area contributed by atoms with E-state index in [9.17, 15) is 13.2 Å². The molecular formula is C16H16BrN3O3S2. The van der Waals surface area contributed by atoms with Gasteiger partial charge in [0.2, 0.25) is 10.0 Å². The van der Waals surface area contributed by atoms with Crippen LogP contribution in [-0.4, -0.2) is 54.7 Å². The van der Waals surface area contributed by atoms with Crippen LogP contribution in [0, 0.1) is 4.64 Å². The van der Waals surface area contributed by atoms with Crippen LogP contribution in [0.15, 0.2) is 52.0 Å². The average molecular weight is 442 g/mol. The second kappa shape index (κ2) is 7.36. The van der Waals surface area contributed by atoms with Gasteiger partial charge >= 0.3 is 0 Å². The minimum atomic E-state index is -3.59. The third-order valence-electron chi connectivity index (χ3n) is 4.03. The molecule has 0 radical (unpaired) electrons. The van der Waals surface area contributed by atoms with Crippen molar-refractivity contribution in [2.24, 2.45) is 0 Å². The normalized spacial score (nSPS) is 16.0. The Hall–Kier alpha value is -1.55. The molecule has 1 aromatic heterocycles. The molecule has 2 aromatic rings. The summed E-state index contributed by atoms with van der Waals surface area (Å²) in [5.41, 5.74) is 0.430. The molecule has 0 atom stereocenters. The Labute approximate surface area is 159 Å². The largest absolute Gasteiger partial charge is 0.352 e. The summed E-state index contributed by atoms with van der Waals surface area (Å²) in [6.45, 7) is 1.15. The maximum absolute atomic E-state index is 12.8. The minimum absolute atomic E-state index is 0.181. The summed E-state index contributed by atoms with van der Waals surface area (Å²) in [6, 6.07) is 10.1. The van der Waals surface area contributed by atoms with Crippen molar-refractivity contribution < 1.29 is 13.2 Å². The fourth-order valence-electron chi connectivity index (χ4n) is 2.68. The summed E-state index contributed by atoms with van der Waals surface area (Å²) in [5.74, 6) is -0.181. The molecule has 0 aliphatic carbocycles. The lowest BCUT2D eigenvalue weighted by Crippen LogP contribution is -2.50. The highest BCUT2D eigenvalue weighted by molar-refractivity contribution is 9.10. The summed E-state index contributed by atoms with van der Waals surface area (Å²) in [5, 5.41) is 0. The Morgan fingerprint density at radius 1 is 1.08 bits per heavy atom. The highest BCUT2D eigenvalue weighted by Gasteiger charge is 2.31. The monoisotopic (exact) mass is 441 g/mol. The van der Waals surface area contributed by atoms with E-state index in [-0.39, 0.29) is 23.9 Å². The highest BCUT2D eigenvalue weighted by Crippen LogP contribution is 2.25. The first-order valence-electron chi connectivity index (χ1n) is 7.63. The van der Waals surface area contributed by atoms with E-state index in [4.69, 9.17) is 12.2 Å². The molecule has 1 N–H and O–H groups in total. The number of pyridine rings is 1. The van der Waals surface area contributed by atoms with Crippen LogP contribution in [0.3, 0.4) is 0 Å². The molecule has 0 bridgehead atoms. The van der Waals surface area contributed by atoms with Crippen LogP contribution >= 0.6 is 28.1 Å². The van der Waals surface area contributed by atoms with Gasteiger partial charge in [-0.2, -0.15) is 4.31 Å². The predicted octanol–water partition coefficient (Wildman–Crippen LogP) is 2.65. The van der Waals surface area contributed by atoms with Gasteiger partial charge < -0.3 is 9.88 Å². The molecule has 2 heterocycles. The van der Waals surface area contributed by atoms with Crippen molar-refractivity contribution in [1.29, 1.82) is 0 Å². The predicted molar refractivity (Wildman–Crippen MR) is 100 cm³/mol. The molecule has 0 saturated carbocycles. The minimum Gasteiger partial charge on any atom is -0.352 e. The third kappa shape index (κ3) is 3.69. The van der Waals surface area contributed by atoms with Gasteiger partial charge in [0.05, 0.1) is 10.5 Å². The molecule has 1 aliphatic rings. The molecule has 1 saturated heterocycles. The first-order chi connectivity index (χ1) is 11.9. The van der Waals surface area contributed by atoms with Gasteiger partial charge in [-0.05, 0) is 40.2 Å². The average Bonchev–Trinajstić information content (AvgIpc) is 2.62. The van der Waals surface area contributed by atoms with Gasteiger partial charge in [-0.1, -0.05) is 24.4 Å². The SMILES string of the molecule is O=C(c1ccc[nH]c1=S)N1CCN(S(=O)(=O)c2ccccc2Br)CC1. The zero-order valence-corrected chi connectivity index (χ0v) is 16.4. The van der Waals surface area contributed by atoms with E-state index < -0.39 is 10.0 Å². The molecule has 1 fully saturated rings. The standard InChI is InChI=1S/C16H16BrN3O3S2/c17-13-5-1-2-6-14(13)25(22,23)20-10-8-19(9-11-20)16(21)12-4-3-7-18-15(12)24/h1-7H,8-11H2,(H,18,24). The van der Waals surface area contributed by atoms with Gasteiger partial charge in [0.15, 0.2) is 0 Å². The fraction of sp³-hybridized carbons (Fsp3) is 0.250. The number of piperazine rings is 1. The number of rotatable bonds is 3. The van der Waals surface area contributed by atoms with Gasteiger partial charge in [0, 0.05) is 36.8 Å². The molecule has 3 rings (SSSR count). The first-order valence-corrected chi connectivity index (χ1v) is 10.3. The van der Waals surface area contributed by atoms with Crippen molar-refractivity contribution in [3.8, 4) is 0 Å². The summed E-state index contributed by atoms with van der Waals surface area (Å²) in [6.07, 6.45) is 1.67. The molecular weight excluding hydrogens is 426 g/mol. The number of aromatic amines is 1. The van der Waals surface area contributed by atoms with Crippen molar-refractivity contribution in [3.63, 3.8) is 0 Å². The van der Waals surface area contributed by atoms with Crippen LogP contribution in [0.5, 0.6) is 0 Å². The maximum Gasteiger partial charge on any atom is 0.256 e. The number of aromatic nitrogens is 1. The lowest BCUT2D eigenvalue weighted by Gasteiger charge is -2.34. The van der Waals surface area contributed by atoms with Gasteiger partial charge in [0.1, 0.15) is 4.64 Å². The number of nitrogens with zero attached hydrogens (tertiary/aromatic N) is 2. The number of carbonyl (C=O) groups is 1. The lowest BCUT2D eigenvalue weighted by molar-refractivity contribution is 0.0697. The maximum atomic E-state index is 12.8. The summed E-state index contributed by atoms with van der Waals surface area (Å²) in [7, 11) is -3.59. The van der Waals surface area contributed by atoms with Crippen molar-refractivity contribution in [1.82, 2.24) is 14.2 Å². The van der Waals surface area contributed by atoms with Crippen molar-refractivity contribution >= 4 is 44.1 Å². The molecule has 132 valence electrons. The Balaban J connectivity index is 1.74. The molecule has 0 spiro atoms. The van der Waals surface area contributed by atoms with Crippen LogP contribution in [0.1, 0.15) is 10.4 Å². The van der Waals surface area contributed by atoms with E-state index >= 15 is 0 Å². The van der Waals surface area contributed by atoms with E-state index in [2.05, 4.69) is 20.9 Å². The Morgan fingerprint density at radius 3 is 2.40 bits per heavy atom. The van der Waals surface area contributed by atoms with E-state index in [0.717, 1.165) is 0 Å². The summed E-state index contributed by atoms with van der Waals surface area (Å²) in [4.78, 5) is 17.3. The molecule has 0 unspecified atom stereocenters. The zero-order valence-electron chi connectivity index (χ0n) is 13.2. The molecule has 9 heteroatoms. The Kier molecular flexibility index (Phi) is 5.38. The van der Waals surface area contributed by atoms with Gasteiger partial charge in [-0.15, -0.1) is 0 Å². The quantitative estimate of drug-likeness (QED) is 0.742. The van der Waals surface area contributed by atoms with Crippen molar-refractivity contribution in [2.45, 2.75) is 4.90 Å². The summed E-state index contributed by atoms with van der Waals surface area (Å²) >= 11 is 8.43. The van der Waals surface area contributed by atoms with Crippen molar-refractivity contribution in [2.75, 3.05) is 26.2 Å². The number of halogens is 1. The molecule has 25 heavy (non-hydrogen) atoms.